The summed E-state index contributed by atoms with van der Waals surface area (Å²) in [5, 5.41) is 13.3. The van der Waals surface area contributed by atoms with Gasteiger partial charge in [-0.3, -0.25) is 4.99 Å². The van der Waals surface area contributed by atoms with Crippen LogP contribution in [0.5, 0.6) is 0 Å². The largest absolute Gasteiger partial charge is 0.389 e. The van der Waals surface area contributed by atoms with E-state index in [9.17, 15) is 5.11 Å². The van der Waals surface area contributed by atoms with Crippen molar-refractivity contribution in [3.05, 3.63) is 29.8 Å². The van der Waals surface area contributed by atoms with Crippen molar-refractivity contribution in [1.29, 1.82) is 0 Å². The van der Waals surface area contributed by atoms with Crippen LogP contribution in [0, 0.1) is 5.92 Å². The molecule has 1 saturated carbocycles. The average Bonchev–Trinajstić information content (AvgIpc) is 3.43. The first kappa shape index (κ1) is 20.1. The predicted octanol–water partition coefficient (Wildman–Crippen LogP) is 2.59. The summed E-state index contributed by atoms with van der Waals surface area (Å²) in [5.74, 6) is 1.52. The number of thioether (sulfide) groups is 1. The topological polar surface area (TPSA) is 57.1 Å². The molecule has 1 atom stereocenters. The fourth-order valence-corrected chi connectivity index (χ4v) is 2.86. The van der Waals surface area contributed by atoms with Crippen LogP contribution < -0.4 is 5.32 Å². The number of rotatable bonds is 10. The van der Waals surface area contributed by atoms with Gasteiger partial charge in [-0.05, 0) is 49.6 Å². The first-order chi connectivity index (χ1) is 12.1. The van der Waals surface area contributed by atoms with Gasteiger partial charge in [0.1, 0.15) is 0 Å². The second-order valence-corrected chi connectivity index (χ2v) is 7.41. The van der Waals surface area contributed by atoms with Gasteiger partial charge in [0.15, 0.2) is 5.96 Å². The molecule has 0 spiro atoms. The molecule has 6 heteroatoms. The minimum Gasteiger partial charge on any atom is -0.389 e. The molecule has 140 valence electrons. The fourth-order valence-electron chi connectivity index (χ4n) is 2.45. The van der Waals surface area contributed by atoms with E-state index in [0.29, 0.717) is 13.2 Å². The zero-order valence-corrected chi connectivity index (χ0v) is 16.4. The zero-order valence-electron chi connectivity index (χ0n) is 15.6. The lowest BCUT2D eigenvalue weighted by Crippen LogP contribution is -2.39. The van der Waals surface area contributed by atoms with Crippen molar-refractivity contribution in [2.75, 3.05) is 39.6 Å². The maximum atomic E-state index is 10.0. The molecule has 1 unspecified atom stereocenters. The molecule has 2 N–H and O–H groups in total. The minimum atomic E-state index is -0.554. The molecular formula is C19H31N3O2S. The van der Waals surface area contributed by atoms with Crippen LogP contribution in [-0.4, -0.2) is 61.7 Å². The monoisotopic (exact) mass is 365 g/mol. The van der Waals surface area contributed by atoms with Gasteiger partial charge >= 0.3 is 0 Å². The van der Waals surface area contributed by atoms with E-state index in [1.807, 2.05) is 14.0 Å². The molecule has 0 heterocycles. The van der Waals surface area contributed by atoms with Gasteiger partial charge in [0, 0.05) is 31.6 Å². The molecular weight excluding hydrogens is 334 g/mol. The molecule has 0 aromatic heterocycles. The summed E-state index contributed by atoms with van der Waals surface area (Å²) >= 11 is 1.74. The van der Waals surface area contributed by atoms with E-state index in [1.54, 1.807) is 11.8 Å². The Bertz CT molecular complexity index is 532. The summed E-state index contributed by atoms with van der Waals surface area (Å²) in [6.07, 6.45) is 4.06. The first-order valence-corrected chi connectivity index (χ1v) is 10.2. The summed E-state index contributed by atoms with van der Waals surface area (Å²) in [5.41, 5.74) is 1.24. The van der Waals surface area contributed by atoms with Crippen LogP contribution in [-0.2, 0) is 11.3 Å². The highest BCUT2D eigenvalue weighted by Gasteiger charge is 2.21. The predicted molar refractivity (Wildman–Crippen MR) is 105 cm³/mol. The zero-order chi connectivity index (χ0) is 18.1. The number of nitrogens with one attached hydrogen (secondary N) is 1. The van der Waals surface area contributed by atoms with Gasteiger partial charge in [0.2, 0.25) is 0 Å². The normalized spacial score (nSPS) is 15.9. The third-order valence-corrected chi connectivity index (χ3v) is 4.83. The number of guanidine groups is 1. The lowest BCUT2D eigenvalue weighted by atomic mass is 10.2. The highest BCUT2D eigenvalue weighted by atomic mass is 32.2. The highest BCUT2D eigenvalue weighted by Crippen LogP contribution is 2.28. The van der Waals surface area contributed by atoms with E-state index in [1.165, 1.54) is 23.3 Å². The van der Waals surface area contributed by atoms with Crippen molar-refractivity contribution in [1.82, 2.24) is 10.2 Å². The minimum absolute atomic E-state index is 0.350. The molecule has 0 bridgehead atoms. The van der Waals surface area contributed by atoms with Crippen molar-refractivity contribution in [3.63, 3.8) is 0 Å². The van der Waals surface area contributed by atoms with Crippen LogP contribution >= 0.6 is 11.8 Å². The van der Waals surface area contributed by atoms with Crippen LogP contribution in [0.25, 0.3) is 0 Å². The number of aliphatic imine (C=N–C) groups is 1. The molecule has 1 aliphatic carbocycles. The summed E-state index contributed by atoms with van der Waals surface area (Å²) in [7, 11) is 2.01. The molecule has 1 aromatic rings. The van der Waals surface area contributed by atoms with Gasteiger partial charge in [0.05, 0.1) is 19.3 Å². The summed E-state index contributed by atoms with van der Waals surface area (Å²) < 4.78 is 5.53. The number of nitrogens with zero attached hydrogens (tertiary/aromatic N) is 2. The van der Waals surface area contributed by atoms with Crippen molar-refractivity contribution >= 4 is 17.7 Å². The average molecular weight is 366 g/mol. The second-order valence-electron chi connectivity index (χ2n) is 6.53. The molecule has 2 rings (SSSR count). The van der Waals surface area contributed by atoms with Gasteiger partial charge in [0.25, 0.3) is 0 Å². The second kappa shape index (κ2) is 10.7. The van der Waals surface area contributed by atoms with E-state index < -0.39 is 6.10 Å². The standard InChI is InChI=1S/C19H31N3O2S/c1-4-20-19(21-11-17(23)14-24-13-16-5-6-16)22(2)12-15-7-9-18(25-3)10-8-15/h7-10,16-17,23H,4-6,11-14H2,1-3H3,(H,20,21). The molecule has 1 aromatic carbocycles. The van der Waals surface area contributed by atoms with Crippen LogP contribution in [0.2, 0.25) is 0 Å². The molecule has 0 amide bonds. The Hall–Kier alpha value is -1.24. The number of aliphatic hydroxyl groups excluding tert-OH is 1. The third-order valence-electron chi connectivity index (χ3n) is 4.09. The van der Waals surface area contributed by atoms with Crippen molar-refractivity contribution < 1.29 is 9.84 Å². The van der Waals surface area contributed by atoms with Crippen molar-refractivity contribution in [3.8, 4) is 0 Å². The number of aliphatic hydroxyl groups is 1. The Morgan fingerprint density at radius 1 is 1.40 bits per heavy atom. The number of ether oxygens (including phenoxy) is 1. The lowest BCUT2D eigenvalue weighted by molar-refractivity contribution is 0.0367. The molecule has 0 saturated heterocycles. The van der Waals surface area contributed by atoms with Gasteiger partial charge in [-0.1, -0.05) is 12.1 Å². The number of hydrogen-bond donors (Lipinski definition) is 2. The Labute approximate surface area is 155 Å². The van der Waals surface area contributed by atoms with Crippen LogP contribution in [0.4, 0.5) is 0 Å². The van der Waals surface area contributed by atoms with E-state index in [-0.39, 0.29) is 0 Å². The maximum absolute atomic E-state index is 10.0. The number of benzene rings is 1. The Balaban J connectivity index is 1.82. The Kier molecular flexibility index (Phi) is 8.58. The fraction of sp³-hybridized carbons (Fsp3) is 0.632. The van der Waals surface area contributed by atoms with E-state index in [0.717, 1.165) is 31.6 Å². The summed E-state index contributed by atoms with van der Waals surface area (Å²) in [6.45, 7) is 5.10. The van der Waals surface area contributed by atoms with Crippen LogP contribution in [0.3, 0.4) is 0 Å². The van der Waals surface area contributed by atoms with Crippen molar-refractivity contribution in [2.24, 2.45) is 10.9 Å². The molecule has 5 nitrogen and oxygen atoms in total. The number of hydrogen-bond acceptors (Lipinski definition) is 4. The molecule has 0 radical (unpaired) electrons. The van der Waals surface area contributed by atoms with Gasteiger partial charge in [-0.15, -0.1) is 11.8 Å². The van der Waals surface area contributed by atoms with Crippen molar-refractivity contribution in [2.45, 2.75) is 37.3 Å². The van der Waals surface area contributed by atoms with Gasteiger partial charge in [-0.25, -0.2) is 0 Å². The van der Waals surface area contributed by atoms with E-state index >= 15 is 0 Å². The molecule has 1 fully saturated rings. The summed E-state index contributed by atoms with van der Waals surface area (Å²) in [4.78, 5) is 7.90. The van der Waals surface area contributed by atoms with Gasteiger partial charge < -0.3 is 20.1 Å². The quantitative estimate of drug-likeness (QED) is 0.379. The third kappa shape index (κ3) is 7.67. The highest BCUT2D eigenvalue weighted by molar-refractivity contribution is 7.98. The molecule has 25 heavy (non-hydrogen) atoms. The Morgan fingerprint density at radius 3 is 2.72 bits per heavy atom. The smallest absolute Gasteiger partial charge is 0.194 e. The van der Waals surface area contributed by atoms with E-state index in [2.05, 4.69) is 45.7 Å². The summed E-state index contributed by atoms with van der Waals surface area (Å²) in [6, 6.07) is 8.57. The van der Waals surface area contributed by atoms with E-state index in [4.69, 9.17) is 4.74 Å². The molecule has 0 aliphatic heterocycles. The molecule has 1 aliphatic rings. The first-order valence-electron chi connectivity index (χ1n) is 9.00. The van der Waals surface area contributed by atoms with Crippen LogP contribution in [0.15, 0.2) is 34.2 Å². The lowest BCUT2D eigenvalue weighted by Gasteiger charge is -2.22. The SMILES string of the molecule is CCNC(=NCC(O)COCC1CC1)N(C)Cc1ccc(SC)cc1. The van der Waals surface area contributed by atoms with Crippen LogP contribution in [0.1, 0.15) is 25.3 Å². The maximum Gasteiger partial charge on any atom is 0.194 e. The van der Waals surface area contributed by atoms with Gasteiger partial charge in [-0.2, -0.15) is 0 Å². The Morgan fingerprint density at radius 2 is 2.12 bits per heavy atom.